The molecule has 1 aromatic heterocycles. The van der Waals surface area contributed by atoms with Crippen LogP contribution in [0.25, 0.3) is 11.0 Å². The normalized spacial score (nSPS) is 10.7. The van der Waals surface area contributed by atoms with Gasteiger partial charge in [-0.25, -0.2) is 9.97 Å². The summed E-state index contributed by atoms with van der Waals surface area (Å²) in [6.07, 6.45) is 0.543. The number of thioether (sulfide) groups is 1. The third kappa shape index (κ3) is 5.40. The highest BCUT2D eigenvalue weighted by Gasteiger charge is 2.15. The zero-order chi connectivity index (χ0) is 23.9. The Morgan fingerprint density at radius 2 is 1.50 bits per heavy atom. The second kappa shape index (κ2) is 10.9. The van der Waals surface area contributed by atoms with E-state index >= 15 is 0 Å². The number of fused-ring (bicyclic) bond motifs is 1. The Morgan fingerprint density at radius 1 is 0.824 bits per heavy atom. The number of methoxy groups -OCH3 is 3. The van der Waals surface area contributed by atoms with Crippen LogP contribution in [0, 0.1) is 0 Å². The van der Waals surface area contributed by atoms with Gasteiger partial charge in [0.15, 0.2) is 11.5 Å². The highest BCUT2D eigenvalue weighted by Crippen LogP contribution is 2.31. The Hall–Kier alpha value is -3.78. The van der Waals surface area contributed by atoms with E-state index in [2.05, 4.69) is 5.32 Å². The maximum absolute atomic E-state index is 12.7. The van der Waals surface area contributed by atoms with E-state index in [1.54, 1.807) is 39.5 Å². The number of hydrogen-bond donors (Lipinski definition) is 1. The Labute approximate surface area is 202 Å². The monoisotopic (exact) mass is 475 g/mol. The molecule has 0 fully saturated rings. The van der Waals surface area contributed by atoms with Crippen molar-refractivity contribution in [2.24, 2.45) is 0 Å². The van der Waals surface area contributed by atoms with Gasteiger partial charge in [-0.05, 0) is 30.3 Å². The minimum absolute atomic E-state index is 0.157. The standard InChI is InChI=1S/C26H25N3O4S/c1-31-22-11-7-4-8-17(22)14-21-26(29-20-10-6-5-9-19(20)28-21)34-16-25(30)27-18-12-13-23(32-2)24(15-18)33-3/h4-13,15H,14,16H2,1-3H3,(H,27,30). The molecule has 0 saturated heterocycles. The molecule has 174 valence electrons. The molecule has 1 amide bonds. The first-order valence-corrected chi connectivity index (χ1v) is 11.6. The largest absolute Gasteiger partial charge is 0.496 e. The molecule has 0 atom stereocenters. The van der Waals surface area contributed by atoms with Crippen molar-refractivity contribution in [2.45, 2.75) is 11.4 Å². The van der Waals surface area contributed by atoms with Crippen LogP contribution in [0.1, 0.15) is 11.3 Å². The van der Waals surface area contributed by atoms with Crippen LogP contribution in [0.2, 0.25) is 0 Å². The number of aromatic nitrogens is 2. The van der Waals surface area contributed by atoms with Crippen LogP contribution in [0.5, 0.6) is 17.2 Å². The second-order valence-corrected chi connectivity index (χ2v) is 8.32. The van der Waals surface area contributed by atoms with Gasteiger partial charge in [-0.15, -0.1) is 0 Å². The number of anilines is 1. The summed E-state index contributed by atoms with van der Waals surface area (Å²) < 4.78 is 16.1. The molecule has 34 heavy (non-hydrogen) atoms. The van der Waals surface area contributed by atoms with Gasteiger partial charge in [0.25, 0.3) is 0 Å². The fraction of sp³-hybridized carbons (Fsp3) is 0.192. The van der Waals surface area contributed by atoms with Gasteiger partial charge in [-0.3, -0.25) is 4.79 Å². The van der Waals surface area contributed by atoms with Crippen LogP contribution in [0.15, 0.2) is 71.8 Å². The maximum Gasteiger partial charge on any atom is 0.234 e. The summed E-state index contributed by atoms with van der Waals surface area (Å²) in [5, 5.41) is 3.61. The number of carbonyl (C=O) groups excluding carboxylic acids is 1. The molecule has 0 aliphatic heterocycles. The van der Waals surface area contributed by atoms with Gasteiger partial charge in [0, 0.05) is 23.7 Å². The van der Waals surface area contributed by atoms with Crippen molar-refractivity contribution < 1.29 is 19.0 Å². The fourth-order valence-electron chi connectivity index (χ4n) is 3.53. The van der Waals surface area contributed by atoms with Crippen LogP contribution in [0.4, 0.5) is 5.69 Å². The molecule has 0 saturated carbocycles. The van der Waals surface area contributed by atoms with E-state index in [-0.39, 0.29) is 11.7 Å². The van der Waals surface area contributed by atoms with E-state index in [0.717, 1.165) is 28.0 Å². The lowest BCUT2D eigenvalue weighted by Gasteiger charge is -2.13. The van der Waals surface area contributed by atoms with Crippen molar-refractivity contribution in [3.05, 3.63) is 78.0 Å². The number of para-hydroxylation sites is 3. The smallest absolute Gasteiger partial charge is 0.234 e. The number of amides is 1. The van der Waals surface area contributed by atoms with Gasteiger partial charge < -0.3 is 19.5 Å². The molecule has 4 rings (SSSR count). The first kappa shape index (κ1) is 23.4. The molecule has 7 nitrogen and oxygen atoms in total. The molecule has 0 bridgehead atoms. The minimum Gasteiger partial charge on any atom is -0.496 e. The molecule has 0 unspecified atom stereocenters. The third-order valence-electron chi connectivity index (χ3n) is 5.16. The zero-order valence-corrected chi connectivity index (χ0v) is 20.0. The third-order valence-corrected chi connectivity index (χ3v) is 6.17. The quantitative estimate of drug-likeness (QED) is 0.342. The Morgan fingerprint density at radius 3 is 2.24 bits per heavy atom. The predicted octanol–water partition coefficient (Wildman–Crippen LogP) is 4.98. The number of hydrogen-bond acceptors (Lipinski definition) is 7. The lowest BCUT2D eigenvalue weighted by atomic mass is 10.1. The van der Waals surface area contributed by atoms with Gasteiger partial charge >= 0.3 is 0 Å². The van der Waals surface area contributed by atoms with Gasteiger partial charge in [0.1, 0.15) is 10.8 Å². The summed E-state index contributed by atoms with van der Waals surface area (Å²) in [5.74, 6) is 1.96. The first-order chi connectivity index (χ1) is 16.6. The van der Waals surface area contributed by atoms with E-state index in [1.165, 1.54) is 11.8 Å². The van der Waals surface area contributed by atoms with Crippen molar-refractivity contribution in [2.75, 3.05) is 32.4 Å². The predicted molar refractivity (Wildman–Crippen MR) is 134 cm³/mol. The molecule has 0 radical (unpaired) electrons. The summed E-state index contributed by atoms with van der Waals surface area (Å²) in [5.41, 5.74) is 4.03. The maximum atomic E-state index is 12.7. The van der Waals surface area contributed by atoms with E-state index in [4.69, 9.17) is 24.2 Å². The Balaban J connectivity index is 1.55. The SMILES string of the molecule is COc1ccccc1Cc1nc2ccccc2nc1SCC(=O)Nc1ccc(OC)c(OC)c1. The molecule has 8 heteroatoms. The summed E-state index contributed by atoms with van der Waals surface area (Å²) in [4.78, 5) is 22.3. The molecular formula is C26H25N3O4S. The van der Waals surface area contributed by atoms with Crippen molar-refractivity contribution in [3.8, 4) is 17.2 Å². The molecule has 3 aromatic carbocycles. The summed E-state index contributed by atoms with van der Waals surface area (Å²) in [6, 6.07) is 20.8. The summed E-state index contributed by atoms with van der Waals surface area (Å²) >= 11 is 1.36. The van der Waals surface area contributed by atoms with E-state index in [0.29, 0.717) is 28.6 Å². The molecule has 1 heterocycles. The van der Waals surface area contributed by atoms with E-state index in [9.17, 15) is 4.79 Å². The van der Waals surface area contributed by atoms with Crippen molar-refractivity contribution in [1.82, 2.24) is 9.97 Å². The van der Waals surface area contributed by atoms with Crippen molar-refractivity contribution in [3.63, 3.8) is 0 Å². The Bertz CT molecular complexity index is 1310. The van der Waals surface area contributed by atoms with Crippen molar-refractivity contribution >= 4 is 34.4 Å². The highest BCUT2D eigenvalue weighted by molar-refractivity contribution is 8.00. The van der Waals surface area contributed by atoms with Gasteiger partial charge in [0.05, 0.1) is 43.8 Å². The molecule has 0 aliphatic rings. The summed E-state index contributed by atoms with van der Waals surface area (Å²) in [7, 11) is 4.78. The fourth-order valence-corrected chi connectivity index (χ4v) is 4.31. The lowest BCUT2D eigenvalue weighted by molar-refractivity contribution is -0.113. The number of nitrogens with one attached hydrogen (secondary N) is 1. The van der Waals surface area contributed by atoms with Gasteiger partial charge in [-0.2, -0.15) is 0 Å². The number of benzene rings is 3. The number of ether oxygens (including phenoxy) is 3. The average molecular weight is 476 g/mol. The van der Waals surface area contributed by atoms with Crippen molar-refractivity contribution in [1.29, 1.82) is 0 Å². The highest BCUT2D eigenvalue weighted by atomic mass is 32.2. The van der Waals surface area contributed by atoms with Crippen LogP contribution in [0.3, 0.4) is 0 Å². The van der Waals surface area contributed by atoms with Gasteiger partial charge in [-0.1, -0.05) is 42.1 Å². The molecule has 0 spiro atoms. The average Bonchev–Trinajstić information content (AvgIpc) is 2.87. The van der Waals surface area contributed by atoms with Crippen LogP contribution in [-0.2, 0) is 11.2 Å². The lowest BCUT2D eigenvalue weighted by Crippen LogP contribution is -2.14. The minimum atomic E-state index is -0.157. The van der Waals surface area contributed by atoms with Gasteiger partial charge in [0.2, 0.25) is 5.91 Å². The number of carbonyl (C=O) groups is 1. The topological polar surface area (TPSA) is 82.6 Å². The summed E-state index contributed by atoms with van der Waals surface area (Å²) in [6.45, 7) is 0. The Kier molecular flexibility index (Phi) is 7.49. The second-order valence-electron chi connectivity index (χ2n) is 7.36. The van der Waals surface area contributed by atoms with Crippen LogP contribution < -0.4 is 19.5 Å². The molecule has 0 aliphatic carbocycles. The van der Waals surface area contributed by atoms with Crippen LogP contribution >= 0.6 is 11.8 Å². The first-order valence-electron chi connectivity index (χ1n) is 10.6. The molecular weight excluding hydrogens is 450 g/mol. The van der Waals surface area contributed by atoms with Crippen LogP contribution in [-0.4, -0.2) is 43.0 Å². The zero-order valence-electron chi connectivity index (χ0n) is 19.2. The molecule has 4 aromatic rings. The van der Waals surface area contributed by atoms with E-state index < -0.39 is 0 Å². The number of rotatable bonds is 9. The van der Waals surface area contributed by atoms with E-state index in [1.807, 2.05) is 48.5 Å². The number of nitrogens with zero attached hydrogens (tertiary/aromatic N) is 2. The molecule has 1 N–H and O–H groups in total.